The summed E-state index contributed by atoms with van der Waals surface area (Å²) in [6.07, 6.45) is 1.47. The molecule has 0 unspecified atom stereocenters. The largest absolute Gasteiger partial charge is 0.432 e. The number of hydrogen-bond donors (Lipinski definition) is 2. The van der Waals surface area contributed by atoms with Gasteiger partial charge in [0.05, 0.1) is 5.69 Å². The quantitative estimate of drug-likeness (QED) is 0.877. The number of aryl methyl sites for hydroxylation is 1. The van der Waals surface area contributed by atoms with Crippen molar-refractivity contribution in [2.75, 3.05) is 11.1 Å². The molecule has 0 aromatic carbocycles. The molecular formula is C14H18N4O2. The normalized spacial score (nSPS) is 11.4. The fourth-order valence-corrected chi connectivity index (χ4v) is 1.65. The van der Waals surface area contributed by atoms with Crippen molar-refractivity contribution in [1.82, 2.24) is 9.97 Å². The van der Waals surface area contributed by atoms with Crippen LogP contribution in [0.4, 0.5) is 11.8 Å². The zero-order valence-electron chi connectivity index (χ0n) is 12.0. The molecule has 3 N–H and O–H groups in total. The molecule has 0 aliphatic rings. The average Bonchev–Trinajstić information content (AvgIpc) is 2.72. The van der Waals surface area contributed by atoms with Gasteiger partial charge in [-0.1, -0.05) is 20.8 Å². The number of hydrogen-bond acceptors (Lipinski definition) is 5. The summed E-state index contributed by atoms with van der Waals surface area (Å²) >= 11 is 0. The first-order chi connectivity index (χ1) is 9.25. The number of amides is 1. The topological polar surface area (TPSA) is 94.0 Å². The fraction of sp³-hybridized carbons (Fsp3) is 0.357. The van der Waals surface area contributed by atoms with E-state index in [9.17, 15) is 4.79 Å². The molecule has 20 heavy (non-hydrogen) atoms. The molecule has 0 aliphatic heterocycles. The van der Waals surface area contributed by atoms with Crippen LogP contribution in [-0.4, -0.2) is 15.9 Å². The molecule has 0 saturated heterocycles. The molecule has 2 aromatic rings. The molecule has 0 spiro atoms. The van der Waals surface area contributed by atoms with Crippen LogP contribution in [0.5, 0.6) is 0 Å². The predicted octanol–water partition coefficient (Wildman–Crippen LogP) is 2.51. The van der Waals surface area contributed by atoms with E-state index in [1.807, 2.05) is 20.8 Å². The molecule has 0 aliphatic carbocycles. The molecule has 0 atom stereocenters. The molecule has 2 heterocycles. The van der Waals surface area contributed by atoms with Crippen LogP contribution in [0.15, 0.2) is 22.8 Å². The van der Waals surface area contributed by atoms with E-state index in [0.717, 1.165) is 5.69 Å². The maximum atomic E-state index is 12.2. The Labute approximate surface area is 117 Å². The van der Waals surface area contributed by atoms with Gasteiger partial charge in [0, 0.05) is 16.7 Å². The van der Waals surface area contributed by atoms with Gasteiger partial charge in [-0.2, -0.15) is 4.98 Å². The van der Waals surface area contributed by atoms with E-state index in [1.165, 1.54) is 12.3 Å². The van der Waals surface area contributed by atoms with Crippen LogP contribution in [0.25, 0.3) is 0 Å². The molecule has 6 nitrogen and oxygen atoms in total. The van der Waals surface area contributed by atoms with Crippen LogP contribution >= 0.6 is 0 Å². The number of nitrogen functional groups attached to an aromatic ring is 1. The number of oxazole rings is 1. The van der Waals surface area contributed by atoms with Crippen LogP contribution in [0.3, 0.4) is 0 Å². The van der Waals surface area contributed by atoms with Gasteiger partial charge in [0.15, 0.2) is 0 Å². The van der Waals surface area contributed by atoms with Gasteiger partial charge >= 0.3 is 6.01 Å². The SMILES string of the molecule is Cc1coc(NC(=O)c2cc(N)nc(C(C)(C)C)c2)n1. The molecule has 0 fully saturated rings. The van der Waals surface area contributed by atoms with Gasteiger partial charge < -0.3 is 10.2 Å². The zero-order chi connectivity index (χ0) is 14.9. The summed E-state index contributed by atoms with van der Waals surface area (Å²) in [4.78, 5) is 20.4. The Morgan fingerprint density at radius 3 is 2.55 bits per heavy atom. The summed E-state index contributed by atoms with van der Waals surface area (Å²) in [5.41, 5.74) is 7.45. The molecule has 106 valence electrons. The third-order valence-electron chi connectivity index (χ3n) is 2.72. The number of aromatic nitrogens is 2. The summed E-state index contributed by atoms with van der Waals surface area (Å²) in [6, 6.07) is 3.42. The van der Waals surface area contributed by atoms with Crippen molar-refractivity contribution in [3.8, 4) is 0 Å². The summed E-state index contributed by atoms with van der Waals surface area (Å²) < 4.78 is 5.09. The van der Waals surface area contributed by atoms with E-state index in [0.29, 0.717) is 17.1 Å². The van der Waals surface area contributed by atoms with Crippen LogP contribution < -0.4 is 11.1 Å². The first-order valence-corrected chi connectivity index (χ1v) is 6.27. The number of carbonyl (C=O) groups is 1. The Bertz CT molecular complexity index is 641. The van der Waals surface area contributed by atoms with Crippen molar-refractivity contribution in [2.24, 2.45) is 0 Å². The Balaban J connectivity index is 2.28. The van der Waals surface area contributed by atoms with E-state index >= 15 is 0 Å². The molecule has 2 rings (SSSR count). The smallest absolute Gasteiger partial charge is 0.301 e. The fourth-order valence-electron chi connectivity index (χ4n) is 1.65. The van der Waals surface area contributed by atoms with Crippen molar-refractivity contribution >= 4 is 17.7 Å². The molecular weight excluding hydrogens is 256 g/mol. The van der Waals surface area contributed by atoms with Crippen LogP contribution in [0.1, 0.15) is 42.5 Å². The van der Waals surface area contributed by atoms with E-state index in [4.69, 9.17) is 10.2 Å². The number of rotatable bonds is 2. The second-order valence-corrected chi connectivity index (χ2v) is 5.66. The third-order valence-corrected chi connectivity index (χ3v) is 2.72. The summed E-state index contributed by atoms with van der Waals surface area (Å²) in [7, 11) is 0. The molecule has 0 bridgehead atoms. The minimum absolute atomic E-state index is 0.167. The monoisotopic (exact) mass is 274 g/mol. The number of carbonyl (C=O) groups excluding carboxylic acids is 1. The molecule has 0 saturated carbocycles. The van der Waals surface area contributed by atoms with Crippen molar-refractivity contribution in [3.63, 3.8) is 0 Å². The molecule has 1 amide bonds. The first kappa shape index (κ1) is 14.0. The number of anilines is 2. The van der Waals surface area contributed by atoms with Gasteiger partial charge in [0.25, 0.3) is 5.91 Å². The van der Waals surface area contributed by atoms with E-state index in [2.05, 4.69) is 15.3 Å². The third kappa shape index (κ3) is 3.14. The van der Waals surface area contributed by atoms with E-state index in [1.54, 1.807) is 13.0 Å². The minimum Gasteiger partial charge on any atom is -0.432 e. The van der Waals surface area contributed by atoms with Gasteiger partial charge in [-0.25, -0.2) is 4.98 Å². The second kappa shape index (κ2) is 4.96. The highest BCUT2D eigenvalue weighted by atomic mass is 16.4. The maximum absolute atomic E-state index is 12.2. The Kier molecular flexibility index (Phi) is 3.48. The van der Waals surface area contributed by atoms with Crippen LogP contribution in [0, 0.1) is 6.92 Å². The van der Waals surface area contributed by atoms with Crippen molar-refractivity contribution < 1.29 is 9.21 Å². The van der Waals surface area contributed by atoms with Gasteiger partial charge in [0.1, 0.15) is 12.1 Å². The van der Waals surface area contributed by atoms with E-state index in [-0.39, 0.29) is 17.3 Å². The lowest BCUT2D eigenvalue weighted by atomic mass is 9.90. The average molecular weight is 274 g/mol. The number of nitrogens with two attached hydrogens (primary N) is 1. The van der Waals surface area contributed by atoms with Gasteiger partial charge in [-0.3, -0.25) is 10.1 Å². The highest BCUT2D eigenvalue weighted by molar-refractivity contribution is 6.03. The lowest BCUT2D eigenvalue weighted by Crippen LogP contribution is -2.18. The van der Waals surface area contributed by atoms with Gasteiger partial charge in [-0.05, 0) is 19.1 Å². The number of nitrogens with one attached hydrogen (secondary N) is 1. The van der Waals surface area contributed by atoms with Gasteiger partial charge in [-0.15, -0.1) is 0 Å². The first-order valence-electron chi connectivity index (χ1n) is 6.27. The van der Waals surface area contributed by atoms with Crippen molar-refractivity contribution in [3.05, 3.63) is 35.3 Å². The Morgan fingerprint density at radius 1 is 1.30 bits per heavy atom. The predicted molar refractivity (Wildman–Crippen MR) is 76.5 cm³/mol. The van der Waals surface area contributed by atoms with Crippen molar-refractivity contribution in [2.45, 2.75) is 33.1 Å². The highest BCUT2D eigenvalue weighted by Gasteiger charge is 2.19. The maximum Gasteiger partial charge on any atom is 0.301 e. The van der Waals surface area contributed by atoms with Gasteiger partial charge in [0.2, 0.25) is 0 Å². The van der Waals surface area contributed by atoms with Crippen LogP contribution in [0.2, 0.25) is 0 Å². The minimum atomic E-state index is -0.327. The molecule has 2 aromatic heterocycles. The second-order valence-electron chi connectivity index (χ2n) is 5.66. The lowest BCUT2D eigenvalue weighted by Gasteiger charge is -2.18. The Morgan fingerprint density at radius 2 is 2.00 bits per heavy atom. The van der Waals surface area contributed by atoms with Crippen LogP contribution in [-0.2, 0) is 5.41 Å². The Hall–Kier alpha value is -2.37. The lowest BCUT2D eigenvalue weighted by molar-refractivity contribution is 0.102. The summed E-state index contributed by atoms with van der Waals surface area (Å²) in [5, 5.41) is 2.58. The summed E-state index contributed by atoms with van der Waals surface area (Å²) in [6.45, 7) is 7.80. The van der Waals surface area contributed by atoms with E-state index < -0.39 is 0 Å². The molecule has 6 heteroatoms. The summed E-state index contributed by atoms with van der Waals surface area (Å²) in [5.74, 6) is -0.0161. The number of nitrogens with zero attached hydrogens (tertiary/aromatic N) is 2. The standard InChI is InChI=1S/C14H18N4O2/c1-8-7-20-13(16-8)18-12(19)9-5-10(14(2,3)4)17-11(15)6-9/h5-7H,1-4H3,(H2,15,17)(H,16,18,19). The number of pyridine rings is 1. The molecule has 0 radical (unpaired) electrons. The highest BCUT2D eigenvalue weighted by Crippen LogP contribution is 2.23. The zero-order valence-corrected chi connectivity index (χ0v) is 12.0. The van der Waals surface area contributed by atoms with Crippen molar-refractivity contribution in [1.29, 1.82) is 0 Å².